The maximum atomic E-state index is 3.81. The normalized spacial score (nSPS) is 22.5. The number of fused-ring (bicyclic) bond motifs is 1. The molecule has 17 heavy (non-hydrogen) atoms. The quantitative estimate of drug-likeness (QED) is 0.649. The predicted molar refractivity (Wildman–Crippen MR) is 76.4 cm³/mol. The standard InChI is InChI=1S/C16H15Br/c1-11-9-14-8-7-13(10-15(14)16(11)17)12-5-3-2-4-6-12/h2-8,10-11,16H,9H2,1H3. The van der Waals surface area contributed by atoms with Crippen molar-refractivity contribution in [2.24, 2.45) is 5.92 Å². The molecule has 0 bridgehead atoms. The van der Waals surface area contributed by atoms with Crippen molar-refractivity contribution in [3.63, 3.8) is 0 Å². The Bertz CT molecular complexity index is 530. The van der Waals surface area contributed by atoms with Crippen LogP contribution in [0.25, 0.3) is 11.1 Å². The van der Waals surface area contributed by atoms with Crippen molar-refractivity contribution in [3.8, 4) is 11.1 Å². The molecule has 0 saturated heterocycles. The molecule has 1 heteroatoms. The second-order valence-corrected chi connectivity index (χ2v) is 5.85. The number of hydrogen-bond acceptors (Lipinski definition) is 0. The molecule has 2 aromatic carbocycles. The minimum atomic E-state index is 0.515. The first-order chi connectivity index (χ1) is 8.25. The summed E-state index contributed by atoms with van der Waals surface area (Å²) in [5.41, 5.74) is 5.59. The molecule has 0 aromatic heterocycles. The topological polar surface area (TPSA) is 0 Å². The Kier molecular flexibility index (Phi) is 2.79. The minimum absolute atomic E-state index is 0.515. The van der Waals surface area contributed by atoms with Gasteiger partial charge in [0, 0.05) is 4.83 Å². The minimum Gasteiger partial charge on any atom is -0.0836 e. The second-order valence-electron chi connectivity index (χ2n) is 4.86. The molecule has 0 nitrogen and oxygen atoms in total. The number of hydrogen-bond donors (Lipinski definition) is 0. The zero-order valence-electron chi connectivity index (χ0n) is 9.86. The largest absolute Gasteiger partial charge is 0.0836 e. The van der Waals surface area contributed by atoms with Crippen LogP contribution >= 0.6 is 15.9 Å². The summed E-state index contributed by atoms with van der Waals surface area (Å²) in [6.45, 7) is 2.31. The van der Waals surface area contributed by atoms with Gasteiger partial charge in [0.2, 0.25) is 0 Å². The molecule has 0 aliphatic heterocycles. The van der Waals surface area contributed by atoms with Crippen molar-refractivity contribution >= 4 is 15.9 Å². The van der Waals surface area contributed by atoms with Crippen LogP contribution in [0.3, 0.4) is 0 Å². The van der Waals surface area contributed by atoms with Gasteiger partial charge in [-0.2, -0.15) is 0 Å². The summed E-state index contributed by atoms with van der Waals surface area (Å²) in [5.74, 6) is 0.705. The summed E-state index contributed by atoms with van der Waals surface area (Å²) in [5, 5.41) is 0. The van der Waals surface area contributed by atoms with E-state index in [1.807, 2.05) is 0 Å². The van der Waals surface area contributed by atoms with Gasteiger partial charge < -0.3 is 0 Å². The van der Waals surface area contributed by atoms with Gasteiger partial charge in [0.05, 0.1) is 0 Å². The lowest BCUT2D eigenvalue weighted by molar-refractivity contribution is 0.623. The van der Waals surface area contributed by atoms with Gasteiger partial charge >= 0.3 is 0 Å². The van der Waals surface area contributed by atoms with Crippen molar-refractivity contribution in [1.29, 1.82) is 0 Å². The van der Waals surface area contributed by atoms with Crippen LogP contribution < -0.4 is 0 Å². The van der Waals surface area contributed by atoms with E-state index in [9.17, 15) is 0 Å². The molecule has 1 aliphatic rings. The fourth-order valence-electron chi connectivity index (χ4n) is 2.60. The maximum absolute atomic E-state index is 3.81. The van der Waals surface area contributed by atoms with Gasteiger partial charge in [-0.05, 0) is 40.7 Å². The smallest absolute Gasteiger partial charge is 0.0426 e. The van der Waals surface area contributed by atoms with Crippen LogP contribution in [0.1, 0.15) is 22.9 Å². The van der Waals surface area contributed by atoms with Crippen molar-refractivity contribution in [3.05, 3.63) is 59.7 Å². The number of halogens is 1. The molecule has 0 amide bonds. The summed E-state index contributed by atoms with van der Waals surface area (Å²) in [6.07, 6.45) is 1.19. The average Bonchev–Trinajstić information content (AvgIpc) is 2.66. The fraction of sp³-hybridized carbons (Fsp3) is 0.250. The molecule has 0 saturated carbocycles. The van der Waals surface area contributed by atoms with E-state index in [0.29, 0.717) is 10.7 Å². The highest BCUT2D eigenvalue weighted by Gasteiger charge is 2.27. The average molecular weight is 287 g/mol. The SMILES string of the molecule is CC1Cc2ccc(-c3ccccc3)cc2C1Br. The fourth-order valence-corrected chi connectivity index (χ4v) is 3.22. The molecule has 86 valence electrons. The molecule has 0 spiro atoms. The van der Waals surface area contributed by atoms with E-state index in [0.717, 1.165) is 0 Å². The van der Waals surface area contributed by atoms with E-state index in [4.69, 9.17) is 0 Å². The van der Waals surface area contributed by atoms with Crippen molar-refractivity contribution in [1.82, 2.24) is 0 Å². The van der Waals surface area contributed by atoms with E-state index in [1.54, 1.807) is 0 Å². The van der Waals surface area contributed by atoms with Gasteiger partial charge in [0.25, 0.3) is 0 Å². The Morgan fingerprint density at radius 2 is 1.76 bits per heavy atom. The van der Waals surface area contributed by atoms with Crippen LogP contribution in [-0.4, -0.2) is 0 Å². The van der Waals surface area contributed by atoms with Gasteiger partial charge in [-0.1, -0.05) is 65.3 Å². The Labute approximate surface area is 111 Å². The second kappa shape index (κ2) is 4.30. The lowest BCUT2D eigenvalue weighted by atomic mass is 10.0. The van der Waals surface area contributed by atoms with Crippen molar-refractivity contribution in [2.45, 2.75) is 18.2 Å². The first-order valence-corrected chi connectivity index (χ1v) is 6.99. The molecule has 2 unspecified atom stereocenters. The highest BCUT2D eigenvalue weighted by Crippen LogP contribution is 2.43. The highest BCUT2D eigenvalue weighted by atomic mass is 79.9. The summed E-state index contributed by atoms with van der Waals surface area (Å²) in [7, 11) is 0. The summed E-state index contributed by atoms with van der Waals surface area (Å²) in [4.78, 5) is 0.515. The van der Waals surface area contributed by atoms with Crippen LogP contribution in [0.15, 0.2) is 48.5 Å². The number of benzene rings is 2. The molecular weight excluding hydrogens is 272 g/mol. The Hall–Kier alpha value is -1.08. The third-order valence-electron chi connectivity index (χ3n) is 3.59. The monoisotopic (exact) mass is 286 g/mol. The molecule has 1 aliphatic carbocycles. The zero-order valence-corrected chi connectivity index (χ0v) is 11.4. The van der Waals surface area contributed by atoms with Crippen LogP contribution in [0, 0.1) is 5.92 Å². The lowest BCUT2D eigenvalue weighted by Crippen LogP contribution is -1.94. The molecule has 2 atom stereocenters. The molecular formula is C16H15Br. The molecule has 3 rings (SSSR count). The van der Waals surface area contributed by atoms with Crippen LogP contribution in [0.4, 0.5) is 0 Å². The Balaban J connectivity index is 2.06. The summed E-state index contributed by atoms with van der Waals surface area (Å²) in [6, 6.07) is 17.5. The van der Waals surface area contributed by atoms with E-state index in [1.165, 1.54) is 28.7 Å². The van der Waals surface area contributed by atoms with Gasteiger partial charge in [0.15, 0.2) is 0 Å². The Morgan fingerprint density at radius 1 is 1.00 bits per heavy atom. The van der Waals surface area contributed by atoms with Crippen LogP contribution in [-0.2, 0) is 6.42 Å². The molecule has 0 heterocycles. The Morgan fingerprint density at radius 3 is 2.53 bits per heavy atom. The van der Waals surface area contributed by atoms with E-state index in [-0.39, 0.29) is 0 Å². The van der Waals surface area contributed by atoms with Gasteiger partial charge in [-0.25, -0.2) is 0 Å². The maximum Gasteiger partial charge on any atom is 0.0426 e. The number of alkyl halides is 1. The summed E-state index contributed by atoms with van der Waals surface area (Å²) < 4.78 is 0. The zero-order chi connectivity index (χ0) is 11.8. The lowest BCUT2D eigenvalue weighted by Gasteiger charge is -2.09. The molecule has 0 N–H and O–H groups in total. The third kappa shape index (κ3) is 1.93. The number of rotatable bonds is 1. The third-order valence-corrected chi connectivity index (χ3v) is 4.99. The van der Waals surface area contributed by atoms with Gasteiger partial charge in [0.1, 0.15) is 0 Å². The predicted octanol–water partition coefficient (Wildman–Crippen LogP) is 4.98. The molecule has 0 fully saturated rings. The van der Waals surface area contributed by atoms with Gasteiger partial charge in [-0.3, -0.25) is 0 Å². The highest BCUT2D eigenvalue weighted by molar-refractivity contribution is 9.09. The van der Waals surface area contributed by atoms with E-state index in [2.05, 4.69) is 71.4 Å². The first kappa shape index (κ1) is 11.0. The van der Waals surface area contributed by atoms with Crippen LogP contribution in [0.5, 0.6) is 0 Å². The summed E-state index contributed by atoms with van der Waals surface area (Å²) >= 11 is 3.81. The van der Waals surface area contributed by atoms with E-state index >= 15 is 0 Å². The first-order valence-electron chi connectivity index (χ1n) is 6.08. The van der Waals surface area contributed by atoms with Crippen LogP contribution in [0.2, 0.25) is 0 Å². The van der Waals surface area contributed by atoms with Crippen molar-refractivity contribution < 1.29 is 0 Å². The molecule has 2 aromatic rings. The van der Waals surface area contributed by atoms with Gasteiger partial charge in [-0.15, -0.1) is 0 Å². The van der Waals surface area contributed by atoms with E-state index < -0.39 is 0 Å². The van der Waals surface area contributed by atoms with Crippen molar-refractivity contribution in [2.75, 3.05) is 0 Å². The molecule has 0 radical (unpaired) electrons.